The maximum absolute atomic E-state index is 10.9. The standard InChI is InChI=1S/C15H16N2O3/c1-14-8-9-16-13(14)6-7-15(18,10-14)11-2-4-12(5-3-11)17(19)20/h2-7,18H,8-10H2,1H3/t14-,15-/m1/s1. The number of benzene rings is 1. The van der Waals surface area contributed by atoms with Gasteiger partial charge in [-0.3, -0.25) is 15.1 Å². The summed E-state index contributed by atoms with van der Waals surface area (Å²) in [4.78, 5) is 14.7. The Morgan fingerprint density at radius 1 is 1.35 bits per heavy atom. The van der Waals surface area contributed by atoms with Crippen molar-refractivity contribution in [3.63, 3.8) is 0 Å². The number of allylic oxidation sites excluding steroid dienone is 1. The molecule has 0 saturated heterocycles. The van der Waals surface area contributed by atoms with Crippen LogP contribution in [0.3, 0.4) is 0 Å². The topological polar surface area (TPSA) is 75.7 Å². The number of fused-ring (bicyclic) bond motifs is 1. The number of hydrogen-bond acceptors (Lipinski definition) is 4. The maximum atomic E-state index is 10.9. The third-order valence-electron chi connectivity index (χ3n) is 4.32. The number of hydrogen-bond donors (Lipinski definition) is 1. The second-order valence-corrected chi connectivity index (χ2v) is 5.82. The average molecular weight is 272 g/mol. The van der Waals surface area contributed by atoms with Crippen molar-refractivity contribution < 1.29 is 10.0 Å². The molecule has 1 aromatic rings. The summed E-state index contributed by atoms with van der Waals surface area (Å²) in [6.45, 7) is 2.91. The van der Waals surface area contributed by atoms with Crippen molar-refractivity contribution in [1.82, 2.24) is 0 Å². The highest BCUT2D eigenvalue weighted by molar-refractivity contribution is 6.01. The summed E-state index contributed by atoms with van der Waals surface area (Å²) >= 11 is 0. The number of nitrogens with zero attached hydrogens (tertiary/aromatic N) is 2. The molecule has 0 radical (unpaired) electrons. The number of nitro groups is 1. The molecule has 0 bridgehead atoms. The summed E-state index contributed by atoms with van der Waals surface area (Å²) in [7, 11) is 0. The Bertz CT molecular complexity index is 621. The first-order valence-corrected chi connectivity index (χ1v) is 6.64. The first-order valence-electron chi connectivity index (χ1n) is 6.64. The summed E-state index contributed by atoms with van der Waals surface area (Å²) in [6.07, 6.45) is 5.13. The average Bonchev–Trinajstić information content (AvgIpc) is 2.79. The van der Waals surface area contributed by atoms with E-state index >= 15 is 0 Å². The summed E-state index contributed by atoms with van der Waals surface area (Å²) in [5.41, 5.74) is 0.584. The number of aliphatic hydroxyl groups is 1. The number of non-ortho nitro benzene ring substituents is 1. The Hall–Kier alpha value is -2.01. The minimum atomic E-state index is -1.08. The summed E-state index contributed by atoms with van der Waals surface area (Å²) in [5.74, 6) is 0. The van der Waals surface area contributed by atoms with Crippen LogP contribution in [-0.4, -0.2) is 22.3 Å². The molecule has 0 spiro atoms. The summed E-state index contributed by atoms with van der Waals surface area (Å²) in [6, 6.07) is 6.12. The lowest BCUT2D eigenvalue weighted by molar-refractivity contribution is -0.384. The van der Waals surface area contributed by atoms with Crippen molar-refractivity contribution in [2.24, 2.45) is 10.4 Å². The van der Waals surface area contributed by atoms with E-state index in [0.717, 1.165) is 18.7 Å². The van der Waals surface area contributed by atoms with Gasteiger partial charge in [0.25, 0.3) is 5.69 Å². The lowest BCUT2D eigenvalue weighted by atomic mass is 9.68. The van der Waals surface area contributed by atoms with Gasteiger partial charge in [0.1, 0.15) is 5.60 Å². The second kappa shape index (κ2) is 4.24. The van der Waals surface area contributed by atoms with Crippen molar-refractivity contribution >= 4 is 11.4 Å². The van der Waals surface area contributed by atoms with Gasteiger partial charge in [-0.15, -0.1) is 0 Å². The molecule has 2 atom stereocenters. The van der Waals surface area contributed by atoms with Crippen LogP contribution in [0.25, 0.3) is 0 Å². The van der Waals surface area contributed by atoms with E-state index < -0.39 is 10.5 Å². The molecule has 0 fully saturated rings. The Balaban J connectivity index is 1.95. The molecule has 20 heavy (non-hydrogen) atoms. The predicted molar refractivity (Wildman–Crippen MR) is 75.8 cm³/mol. The molecule has 2 aliphatic rings. The lowest BCUT2D eigenvalue weighted by Crippen LogP contribution is -2.38. The van der Waals surface area contributed by atoms with E-state index in [1.807, 2.05) is 6.08 Å². The van der Waals surface area contributed by atoms with Crippen LogP contribution in [0.15, 0.2) is 41.4 Å². The van der Waals surface area contributed by atoms with Crippen molar-refractivity contribution in [1.29, 1.82) is 0 Å². The van der Waals surface area contributed by atoms with Gasteiger partial charge in [0.05, 0.1) is 4.92 Å². The van der Waals surface area contributed by atoms with E-state index in [0.29, 0.717) is 12.0 Å². The third-order valence-corrected chi connectivity index (χ3v) is 4.32. The van der Waals surface area contributed by atoms with E-state index in [1.54, 1.807) is 18.2 Å². The lowest BCUT2D eigenvalue weighted by Gasteiger charge is -2.38. The molecule has 0 unspecified atom stereocenters. The fourth-order valence-electron chi connectivity index (χ4n) is 3.12. The quantitative estimate of drug-likeness (QED) is 0.664. The van der Waals surface area contributed by atoms with E-state index in [9.17, 15) is 15.2 Å². The fraction of sp³-hybridized carbons (Fsp3) is 0.400. The first kappa shape index (κ1) is 13.0. The third kappa shape index (κ3) is 1.94. The van der Waals surface area contributed by atoms with E-state index in [2.05, 4.69) is 11.9 Å². The fourth-order valence-corrected chi connectivity index (χ4v) is 3.12. The Labute approximate surface area is 116 Å². The zero-order valence-electron chi connectivity index (χ0n) is 11.2. The van der Waals surface area contributed by atoms with Crippen LogP contribution in [-0.2, 0) is 5.60 Å². The summed E-state index contributed by atoms with van der Waals surface area (Å²) in [5, 5.41) is 21.6. The van der Waals surface area contributed by atoms with E-state index in [4.69, 9.17) is 0 Å². The predicted octanol–water partition coefficient (Wildman–Crippen LogP) is 2.59. The van der Waals surface area contributed by atoms with Crippen LogP contribution in [0.4, 0.5) is 5.69 Å². The van der Waals surface area contributed by atoms with Crippen LogP contribution in [0, 0.1) is 15.5 Å². The van der Waals surface area contributed by atoms with Crippen LogP contribution in [0.5, 0.6) is 0 Å². The normalized spacial score (nSPS) is 31.8. The second-order valence-electron chi connectivity index (χ2n) is 5.82. The Morgan fingerprint density at radius 3 is 2.70 bits per heavy atom. The van der Waals surface area contributed by atoms with Crippen molar-refractivity contribution in [2.75, 3.05) is 6.54 Å². The molecule has 1 N–H and O–H groups in total. The SMILES string of the molecule is C[C@]12CCN=C1C=C[C@](O)(c1ccc([N+](=O)[O-])cc1)C2. The molecule has 1 aliphatic heterocycles. The van der Waals surface area contributed by atoms with E-state index in [1.165, 1.54) is 12.1 Å². The molecule has 1 aromatic carbocycles. The monoisotopic (exact) mass is 272 g/mol. The minimum absolute atomic E-state index is 0.0338. The van der Waals surface area contributed by atoms with E-state index in [-0.39, 0.29) is 11.1 Å². The molecule has 1 aliphatic carbocycles. The molecule has 0 saturated carbocycles. The molecule has 5 nitrogen and oxygen atoms in total. The minimum Gasteiger partial charge on any atom is -0.381 e. The van der Waals surface area contributed by atoms with Crippen LogP contribution < -0.4 is 0 Å². The van der Waals surface area contributed by atoms with Crippen LogP contribution in [0.2, 0.25) is 0 Å². The van der Waals surface area contributed by atoms with Gasteiger partial charge in [-0.25, -0.2) is 0 Å². The van der Waals surface area contributed by atoms with Gasteiger partial charge in [-0.05, 0) is 42.7 Å². The largest absolute Gasteiger partial charge is 0.381 e. The molecular weight excluding hydrogens is 256 g/mol. The van der Waals surface area contributed by atoms with Crippen molar-refractivity contribution in [3.05, 3.63) is 52.1 Å². The van der Waals surface area contributed by atoms with Gasteiger partial charge in [-0.2, -0.15) is 0 Å². The van der Waals surface area contributed by atoms with Crippen LogP contribution in [0.1, 0.15) is 25.3 Å². The smallest absolute Gasteiger partial charge is 0.269 e. The highest BCUT2D eigenvalue weighted by atomic mass is 16.6. The van der Waals surface area contributed by atoms with Crippen molar-refractivity contribution in [3.8, 4) is 0 Å². The molecule has 1 heterocycles. The van der Waals surface area contributed by atoms with Gasteiger partial charge in [0.2, 0.25) is 0 Å². The Morgan fingerprint density at radius 2 is 2.05 bits per heavy atom. The zero-order valence-corrected chi connectivity index (χ0v) is 11.2. The van der Waals surface area contributed by atoms with Crippen molar-refractivity contribution in [2.45, 2.75) is 25.4 Å². The molecule has 0 aromatic heterocycles. The number of nitro benzene ring substituents is 1. The maximum Gasteiger partial charge on any atom is 0.269 e. The zero-order chi connectivity index (χ0) is 14.4. The molecular formula is C15H16N2O3. The highest BCUT2D eigenvalue weighted by Gasteiger charge is 2.44. The number of aliphatic imine (C=N–C) groups is 1. The van der Waals surface area contributed by atoms with Gasteiger partial charge in [0.15, 0.2) is 0 Å². The van der Waals surface area contributed by atoms with Gasteiger partial charge >= 0.3 is 0 Å². The number of rotatable bonds is 2. The summed E-state index contributed by atoms with van der Waals surface area (Å²) < 4.78 is 0. The van der Waals surface area contributed by atoms with Gasteiger partial charge in [0, 0.05) is 29.8 Å². The van der Waals surface area contributed by atoms with Crippen LogP contribution >= 0.6 is 0 Å². The Kier molecular flexibility index (Phi) is 2.76. The molecule has 0 amide bonds. The molecule has 3 rings (SSSR count). The first-order chi connectivity index (χ1) is 9.43. The van der Waals surface area contributed by atoms with Gasteiger partial charge < -0.3 is 5.11 Å². The van der Waals surface area contributed by atoms with Gasteiger partial charge in [-0.1, -0.05) is 6.92 Å². The molecule has 104 valence electrons. The highest BCUT2D eigenvalue weighted by Crippen LogP contribution is 2.45. The molecule has 5 heteroatoms.